The fourth-order valence-corrected chi connectivity index (χ4v) is 3.46. The van der Waals surface area contributed by atoms with Crippen molar-refractivity contribution in [1.29, 1.82) is 0 Å². The minimum atomic E-state index is -0.222. The molecule has 5 heteroatoms. The number of benzene rings is 1. The molecular weight excluding hydrogens is 318 g/mol. The largest absolute Gasteiger partial charge is 0.506 e. The summed E-state index contributed by atoms with van der Waals surface area (Å²) in [5.74, 6) is 0.949. The zero-order valence-corrected chi connectivity index (χ0v) is 14.6. The summed E-state index contributed by atoms with van der Waals surface area (Å²) in [6, 6.07) is 5.72. The Morgan fingerprint density at radius 3 is 2.80 bits per heavy atom. The summed E-state index contributed by atoms with van der Waals surface area (Å²) >= 11 is 0. The molecule has 1 aromatic heterocycles. The monoisotopic (exact) mass is 343 g/mol. The highest BCUT2D eigenvalue weighted by Crippen LogP contribution is 2.32. The lowest BCUT2D eigenvalue weighted by Gasteiger charge is -2.23. The molecular formula is C20H25NO4. The van der Waals surface area contributed by atoms with E-state index in [1.807, 2.05) is 25.1 Å². The number of aromatic hydroxyl groups is 1. The molecule has 25 heavy (non-hydrogen) atoms. The van der Waals surface area contributed by atoms with Crippen LogP contribution in [-0.4, -0.2) is 28.8 Å². The Morgan fingerprint density at radius 2 is 2.08 bits per heavy atom. The zero-order chi connectivity index (χ0) is 17.6. The van der Waals surface area contributed by atoms with E-state index in [2.05, 4.69) is 4.98 Å². The first kappa shape index (κ1) is 17.5. The van der Waals surface area contributed by atoms with Gasteiger partial charge in [-0.15, -0.1) is 0 Å². The summed E-state index contributed by atoms with van der Waals surface area (Å²) in [5.41, 5.74) is 0.801. The van der Waals surface area contributed by atoms with Crippen molar-refractivity contribution < 1.29 is 19.4 Å². The summed E-state index contributed by atoms with van der Waals surface area (Å²) in [6.07, 6.45) is 8.62. The van der Waals surface area contributed by atoms with Crippen LogP contribution in [0.5, 0.6) is 11.5 Å². The van der Waals surface area contributed by atoms with Crippen molar-refractivity contribution in [2.24, 2.45) is 0 Å². The van der Waals surface area contributed by atoms with Crippen LogP contribution in [0.15, 0.2) is 24.4 Å². The molecule has 1 N–H and O–H groups in total. The predicted molar refractivity (Wildman–Crippen MR) is 95.8 cm³/mol. The number of fused-ring (bicyclic) bond motifs is 1. The van der Waals surface area contributed by atoms with Gasteiger partial charge in [-0.05, 0) is 50.3 Å². The molecule has 5 nitrogen and oxygen atoms in total. The van der Waals surface area contributed by atoms with Crippen molar-refractivity contribution in [1.82, 2.24) is 4.98 Å². The van der Waals surface area contributed by atoms with Gasteiger partial charge in [-0.2, -0.15) is 0 Å². The van der Waals surface area contributed by atoms with Crippen molar-refractivity contribution in [3.8, 4) is 11.5 Å². The summed E-state index contributed by atoms with van der Waals surface area (Å²) in [6.45, 7) is 2.45. The van der Waals surface area contributed by atoms with Crippen LogP contribution in [0.1, 0.15) is 51.1 Å². The van der Waals surface area contributed by atoms with E-state index in [4.69, 9.17) is 9.47 Å². The second-order valence-electron chi connectivity index (χ2n) is 6.64. The Balaban J connectivity index is 1.89. The van der Waals surface area contributed by atoms with Gasteiger partial charge in [-0.1, -0.05) is 13.3 Å². The van der Waals surface area contributed by atoms with Gasteiger partial charge in [-0.3, -0.25) is 9.78 Å². The third kappa shape index (κ3) is 4.21. The first-order valence-electron chi connectivity index (χ1n) is 9.07. The van der Waals surface area contributed by atoms with Crippen molar-refractivity contribution in [3.63, 3.8) is 0 Å². The lowest BCUT2D eigenvalue weighted by atomic mass is 9.97. The van der Waals surface area contributed by atoms with Gasteiger partial charge < -0.3 is 14.6 Å². The summed E-state index contributed by atoms with van der Waals surface area (Å²) < 4.78 is 11.3. The Morgan fingerprint density at radius 1 is 1.28 bits per heavy atom. The Kier molecular flexibility index (Phi) is 5.74. The van der Waals surface area contributed by atoms with Gasteiger partial charge in [0.2, 0.25) is 0 Å². The van der Waals surface area contributed by atoms with Gasteiger partial charge in [0, 0.05) is 17.2 Å². The number of carbonyl (C=O) groups is 1. The van der Waals surface area contributed by atoms with Gasteiger partial charge in [0.1, 0.15) is 17.6 Å². The van der Waals surface area contributed by atoms with Crippen molar-refractivity contribution in [3.05, 3.63) is 30.1 Å². The second kappa shape index (κ2) is 8.19. The highest BCUT2D eigenvalue weighted by Gasteiger charge is 2.17. The predicted octanol–water partition coefficient (Wildman–Crippen LogP) is 4.15. The number of hydrogen-bond acceptors (Lipinski definition) is 5. The molecule has 1 aliphatic rings. The van der Waals surface area contributed by atoms with Crippen molar-refractivity contribution >= 4 is 17.2 Å². The van der Waals surface area contributed by atoms with Gasteiger partial charge >= 0.3 is 0 Å². The van der Waals surface area contributed by atoms with Gasteiger partial charge in [-0.25, -0.2) is 0 Å². The van der Waals surface area contributed by atoms with Crippen LogP contribution in [-0.2, 0) is 16.0 Å². The minimum Gasteiger partial charge on any atom is -0.506 e. The van der Waals surface area contributed by atoms with Crippen LogP contribution in [0, 0.1) is 0 Å². The highest BCUT2D eigenvalue weighted by molar-refractivity contribution is 5.90. The number of rotatable bonds is 7. The standard InChI is InChI=1S/C20H25NO4/c1-2-14(24-13-22)11-19-18-10-16(25-15-6-4-3-5-7-15)8-9-17(18)20(23)12-21-19/h8-10,12-15,23H,2-7,11H2,1H3. The number of nitrogens with zero attached hydrogens (tertiary/aromatic N) is 1. The van der Waals surface area contributed by atoms with Gasteiger partial charge in [0.15, 0.2) is 0 Å². The SMILES string of the molecule is CCC(Cc1ncc(O)c2ccc(OC3CCCCC3)cc12)OC=O. The molecule has 1 aliphatic carbocycles. The molecule has 0 spiro atoms. The summed E-state index contributed by atoms with van der Waals surface area (Å²) in [5, 5.41) is 11.7. The number of ether oxygens (including phenoxy) is 2. The third-order valence-corrected chi connectivity index (χ3v) is 4.90. The lowest BCUT2D eigenvalue weighted by molar-refractivity contribution is -0.133. The Bertz CT molecular complexity index is 725. The molecule has 0 aliphatic heterocycles. The zero-order valence-electron chi connectivity index (χ0n) is 14.6. The number of hydrogen-bond donors (Lipinski definition) is 1. The molecule has 0 amide bonds. The normalized spacial score (nSPS) is 16.5. The maximum absolute atomic E-state index is 10.7. The van der Waals surface area contributed by atoms with E-state index in [0.717, 1.165) is 35.1 Å². The van der Waals surface area contributed by atoms with Crippen LogP contribution in [0.3, 0.4) is 0 Å². The average Bonchev–Trinajstić information content (AvgIpc) is 2.64. The molecule has 1 saturated carbocycles. The molecule has 0 bridgehead atoms. The molecule has 2 aromatic rings. The first-order valence-corrected chi connectivity index (χ1v) is 9.07. The van der Waals surface area contributed by atoms with E-state index >= 15 is 0 Å². The van der Waals surface area contributed by atoms with Crippen molar-refractivity contribution in [2.45, 2.75) is 64.1 Å². The molecule has 1 fully saturated rings. The van der Waals surface area contributed by atoms with Crippen molar-refractivity contribution in [2.75, 3.05) is 0 Å². The number of aromatic nitrogens is 1. The fraction of sp³-hybridized carbons (Fsp3) is 0.500. The van der Waals surface area contributed by atoms with Crippen LogP contribution >= 0.6 is 0 Å². The molecule has 1 heterocycles. The third-order valence-electron chi connectivity index (χ3n) is 4.90. The van der Waals surface area contributed by atoms with E-state index in [9.17, 15) is 9.90 Å². The van der Waals surface area contributed by atoms with E-state index in [-0.39, 0.29) is 18.0 Å². The molecule has 134 valence electrons. The van der Waals surface area contributed by atoms with Crippen LogP contribution < -0.4 is 4.74 Å². The number of pyridine rings is 1. The average molecular weight is 343 g/mol. The van der Waals surface area contributed by atoms with E-state index in [0.29, 0.717) is 19.3 Å². The fourth-order valence-electron chi connectivity index (χ4n) is 3.46. The molecule has 1 unspecified atom stereocenters. The highest BCUT2D eigenvalue weighted by atomic mass is 16.5. The Hall–Kier alpha value is -2.30. The molecule has 0 saturated heterocycles. The molecule has 3 rings (SSSR count). The summed E-state index contributed by atoms with van der Waals surface area (Å²) in [7, 11) is 0. The molecule has 0 radical (unpaired) electrons. The van der Waals surface area contributed by atoms with Crippen LogP contribution in [0.4, 0.5) is 0 Å². The topological polar surface area (TPSA) is 68.7 Å². The van der Waals surface area contributed by atoms with Gasteiger partial charge in [0.05, 0.1) is 18.0 Å². The quantitative estimate of drug-likeness (QED) is 0.765. The molecule has 1 atom stereocenters. The molecule has 1 aromatic carbocycles. The van der Waals surface area contributed by atoms with E-state index < -0.39 is 0 Å². The summed E-state index contributed by atoms with van der Waals surface area (Å²) in [4.78, 5) is 15.0. The maximum atomic E-state index is 10.7. The van der Waals surface area contributed by atoms with Gasteiger partial charge in [0.25, 0.3) is 6.47 Å². The number of carbonyl (C=O) groups excluding carboxylic acids is 1. The minimum absolute atomic E-state index is 0.146. The van der Waals surface area contributed by atoms with Crippen LogP contribution in [0.25, 0.3) is 10.8 Å². The Labute approximate surface area is 148 Å². The first-order chi connectivity index (χ1) is 12.2. The van der Waals surface area contributed by atoms with E-state index in [1.54, 1.807) is 0 Å². The second-order valence-corrected chi connectivity index (χ2v) is 6.64. The lowest BCUT2D eigenvalue weighted by Crippen LogP contribution is -2.19. The van der Waals surface area contributed by atoms with E-state index in [1.165, 1.54) is 25.5 Å². The smallest absolute Gasteiger partial charge is 0.293 e. The van der Waals surface area contributed by atoms with Crippen LogP contribution in [0.2, 0.25) is 0 Å². The maximum Gasteiger partial charge on any atom is 0.293 e.